The maximum absolute atomic E-state index is 12.0. The van der Waals surface area contributed by atoms with Crippen LogP contribution in [0.5, 0.6) is 5.75 Å². The lowest BCUT2D eigenvalue weighted by atomic mass is 10.2. The highest BCUT2D eigenvalue weighted by Gasteiger charge is 2.10. The van der Waals surface area contributed by atoms with Gasteiger partial charge in [-0.05, 0) is 17.7 Å². The summed E-state index contributed by atoms with van der Waals surface area (Å²) in [6, 6.07) is 6.83. The summed E-state index contributed by atoms with van der Waals surface area (Å²) in [4.78, 5) is 13.5. The van der Waals surface area contributed by atoms with E-state index in [0.717, 1.165) is 5.56 Å². The average molecular weight is 260 g/mol. The van der Waals surface area contributed by atoms with Crippen molar-refractivity contribution in [1.82, 2.24) is 14.7 Å². The number of nitrogens with two attached hydrogens (primary N) is 1. The zero-order chi connectivity index (χ0) is 13.8. The number of hydrogen-bond donors (Lipinski definition) is 2. The van der Waals surface area contributed by atoms with Crippen LogP contribution in [0.15, 0.2) is 36.7 Å². The fourth-order valence-corrected chi connectivity index (χ4v) is 1.74. The van der Waals surface area contributed by atoms with Gasteiger partial charge in [-0.25, -0.2) is 0 Å². The third-order valence-electron chi connectivity index (χ3n) is 2.71. The molecule has 0 aliphatic rings. The van der Waals surface area contributed by atoms with Crippen LogP contribution < -0.4 is 5.73 Å². The molecule has 0 atom stereocenters. The van der Waals surface area contributed by atoms with Gasteiger partial charge >= 0.3 is 0 Å². The number of anilines is 1. The molecule has 100 valence electrons. The van der Waals surface area contributed by atoms with E-state index in [1.54, 1.807) is 36.3 Å². The van der Waals surface area contributed by atoms with E-state index in [9.17, 15) is 9.90 Å². The molecule has 0 aliphatic heterocycles. The molecule has 0 fully saturated rings. The van der Waals surface area contributed by atoms with Crippen LogP contribution in [0.25, 0.3) is 0 Å². The van der Waals surface area contributed by atoms with Crippen LogP contribution in [0.4, 0.5) is 5.69 Å². The van der Waals surface area contributed by atoms with Gasteiger partial charge in [0.1, 0.15) is 12.3 Å². The maximum Gasteiger partial charge on any atom is 0.244 e. The van der Waals surface area contributed by atoms with Gasteiger partial charge in [-0.2, -0.15) is 5.10 Å². The summed E-state index contributed by atoms with van der Waals surface area (Å²) in [7, 11) is 1.71. The number of nitrogen functional groups attached to an aromatic ring is 1. The molecule has 0 saturated heterocycles. The van der Waals surface area contributed by atoms with E-state index in [1.165, 1.54) is 10.9 Å². The van der Waals surface area contributed by atoms with Crippen LogP contribution in [-0.2, 0) is 17.9 Å². The highest BCUT2D eigenvalue weighted by atomic mass is 16.3. The smallest absolute Gasteiger partial charge is 0.244 e. The molecule has 0 radical (unpaired) electrons. The molecule has 1 aromatic carbocycles. The molecule has 0 bridgehead atoms. The number of likely N-dealkylation sites (N-methyl/N-ethyl adjacent to an activating group) is 1. The third-order valence-corrected chi connectivity index (χ3v) is 2.71. The van der Waals surface area contributed by atoms with Gasteiger partial charge in [0.05, 0.1) is 11.9 Å². The van der Waals surface area contributed by atoms with E-state index in [1.807, 2.05) is 6.07 Å². The fraction of sp³-hybridized carbons (Fsp3) is 0.231. The number of aromatic hydroxyl groups is 1. The second-order valence-electron chi connectivity index (χ2n) is 4.39. The van der Waals surface area contributed by atoms with Crippen molar-refractivity contribution in [3.63, 3.8) is 0 Å². The Labute approximate surface area is 111 Å². The van der Waals surface area contributed by atoms with E-state index in [4.69, 9.17) is 5.73 Å². The molecule has 1 amide bonds. The fourth-order valence-electron chi connectivity index (χ4n) is 1.74. The minimum atomic E-state index is -0.0774. The molecule has 1 aromatic heterocycles. The van der Waals surface area contributed by atoms with Gasteiger partial charge in [0, 0.05) is 19.8 Å². The predicted octanol–water partition coefficient (Wildman–Crippen LogP) is 0.830. The van der Waals surface area contributed by atoms with Crippen LogP contribution in [0.1, 0.15) is 5.56 Å². The van der Waals surface area contributed by atoms with E-state index in [-0.39, 0.29) is 18.2 Å². The number of amides is 1. The number of nitrogens with zero attached hydrogens (tertiary/aromatic N) is 3. The van der Waals surface area contributed by atoms with E-state index >= 15 is 0 Å². The number of hydrogen-bond acceptors (Lipinski definition) is 4. The average Bonchev–Trinajstić information content (AvgIpc) is 2.74. The highest BCUT2D eigenvalue weighted by molar-refractivity contribution is 5.75. The van der Waals surface area contributed by atoms with E-state index < -0.39 is 0 Å². The van der Waals surface area contributed by atoms with Crippen molar-refractivity contribution in [2.75, 3.05) is 12.8 Å². The SMILES string of the molecule is CN(Cc1cccc(O)c1)C(=O)Cn1cc(N)cn1. The molecular weight excluding hydrogens is 244 g/mol. The van der Waals surface area contributed by atoms with Crippen LogP contribution >= 0.6 is 0 Å². The van der Waals surface area contributed by atoms with E-state index in [0.29, 0.717) is 12.2 Å². The first kappa shape index (κ1) is 12.9. The van der Waals surface area contributed by atoms with Crippen LogP contribution in [-0.4, -0.2) is 32.7 Å². The second kappa shape index (κ2) is 5.43. The van der Waals surface area contributed by atoms with Crippen molar-refractivity contribution >= 4 is 11.6 Å². The summed E-state index contributed by atoms with van der Waals surface area (Å²) in [5, 5.41) is 13.3. The third kappa shape index (κ3) is 3.48. The van der Waals surface area contributed by atoms with Crippen molar-refractivity contribution < 1.29 is 9.90 Å². The molecule has 2 aromatic rings. The van der Waals surface area contributed by atoms with Crippen LogP contribution in [0.2, 0.25) is 0 Å². The van der Waals surface area contributed by atoms with Crippen molar-refractivity contribution in [2.24, 2.45) is 0 Å². The van der Waals surface area contributed by atoms with Gasteiger partial charge in [0.25, 0.3) is 0 Å². The Morgan fingerprint density at radius 2 is 2.32 bits per heavy atom. The van der Waals surface area contributed by atoms with Crippen LogP contribution in [0.3, 0.4) is 0 Å². The van der Waals surface area contributed by atoms with Gasteiger partial charge in [0.15, 0.2) is 0 Å². The lowest BCUT2D eigenvalue weighted by molar-refractivity contribution is -0.131. The van der Waals surface area contributed by atoms with E-state index in [2.05, 4.69) is 5.10 Å². The second-order valence-corrected chi connectivity index (χ2v) is 4.39. The number of rotatable bonds is 4. The minimum absolute atomic E-state index is 0.0774. The molecule has 0 aliphatic carbocycles. The molecule has 6 nitrogen and oxygen atoms in total. The molecule has 0 unspecified atom stereocenters. The van der Waals surface area contributed by atoms with Gasteiger partial charge in [-0.1, -0.05) is 12.1 Å². The maximum atomic E-state index is 12.0. The summed E-state index contributed by atoms with van der Waals surface area (Å²) in [5.74, 6) is 0.115. The van der Waals surface area contributed by atoms with Gasteiger partial charge in [-0.3, -0.25) is 9.48 Å². The van der Waals surface area contributed by atoms with Crippen LogP contribution in [0, 0.1) is 0 Å². The first-order valence-electron chi connectivity index (χ1n) is 5.84. The molecule has 6 heteroatoms. The number of aromatic nitrogens is 2. The summed E-state index contributed by atoms with van der Waals surface area (Å²) < 4.78 is 1.50. The lowest BCUT2D eigenvalue weighted by Crippen LogP contribution is -2.29. The van der Waals surface area contributed by atoms with Gasteiger partial charge in [-0.15, -0.1) is 0 Å². The standard InChI is InChI=1S/C13H16N4O2/c1-16(7-10-3-2-4-12(18)5-10)13(19)9-17-8-11(14)6-15-17/h2-6,8,18H,7,9,14H2,1H3. The first-order valence-corrected chi connectivity index (χ1v) is 5.84. The molecule has 1 heterocycles. The van der Waals surface area contributed by atoms with Crippen molar-refractivity contribution in [3.05, 3.63) is 42.2 Å². The number of carbonyl (C=O) groups excluding carboxylic acids is 1. The summed E-state index contributed by atoms with van der Waals surface area (Å²) in [6.07, 6.45) is 3.11. The largest absolute Gasteiger partial charge is 0.508 e. The van der Waals surface area contributed by atoms with Gasteiger partial charge in [0.2, 0.25) is 5.91 Å². The van der Waals surface area contributed by atoms with Crippen molar-refractivity contribution in [1.29, 1.82) is 0 Å². The zero-order valence-corrected chi connectivity index (χ0v) is 10.7. The number of phenolic OH excluding ortho intramolecular Hbond substituents is 1. The Hall–Kier alpha value is -2.50. The minimum Gasteiger partial charge on any atom is -0.508 e. The topological polar surface area (TPSA) is 84.4 Å². The Morgan fingerprint density at radius 1 is 1.53 bits per heavy atom. The quantitative estimate of drug-likeness (QED) is 0.852. The first-order chi connectivity index (χ1) is 9.04. The summed E-state index contributed by atoms with van der Waals surface area (Å²) in [6.45, 7) is 0.580. The highest BCUT2D eigenvalue weighted by Crippen LogP contribution is 2.12. The zero-order valence-electron chi connectivity index (χ0n) is 10.7. The number of benzene rings is 1. The molecular formula is C13H16N4O2. The summed E-state index contributed by atoms with van der Waals surface area (Å²) >= 11 is 0. The lowest BCUT2D eigenvalue weighted by Gasteiger charge is -2.17. The molecule has 2 rings (SSSR count). The van der Waals surface area contributed by atoms with Crippen molar-refractivity contribution in [2.45, 2.75) is 13.1 Å². The Morgan fingerprint density at radius 3 is 2.95 bits per heavy atom. The number of carbonyl (C=O) groups is 1. The van der Waals surface area contributed by atoms with Gasteiger partial charge < -0.3 is 15.7 Å². The monoisotopic (exact) mass is 260 g/mol. The Bertz CT molecular complexity index is 580. The molecule has 0 saturated carbocycles. The molecule has 0 spiro atoms. The predicted molar refractivity (Wildman–Crippen MR) is 71.2 cm³/mol. The Balaban J connectivity index is 1.96. The number of phenols is 1. The molecule has 19 heavy (non-hydrogen) atoms. The summed E-state index contributed by atoms with van der Waals surface area (Å²) in [5.41, 5.74) is 6.94. The molecule has 3 N–H and O–H groups in total. The Kier molecular flexibility index (Phi) is 3.70. The normalized spacial score (nSPS) is 10.4. The van der Waals surface area contributed by atoms with Crippen molar-refractivity contribution in [3.8, 4) is 5.75 Å².